The summed E-state index contributed by atoms with van der Waals surface area (Å²) in [6.45, 7) is 5.40. The second-order valence-electron chi connectivity index (χ2n) is 5.89. The zero-order valence-electron chi connectivity index (χ0n) is 12.9. The molecule has 1 aliphatic rings. The van der Waals surface area contributed by atoms with E-state index < -0.39 is 0 Å². The molecule has 2 heterocycles. The molecule has 1 aliphatic heterocycles. The van der Waals surface area contributed by atoms with Crippen LogP contribution >= 0.6 is 11.3 Å². The number of nitrogens with one attached hydrogen (secondary N) is 1. The second-order valence-corrected chi connectivity index (χ2v) is 6.87. The second kappa shape index (κ2) is 7.07. The molecule has 0 aliphatic carbocycles. The Labute approximate surface area is 136 Å². The smallest absolute Gasteiger partial charge is 0.251 e. The topological polar surface area (TPSA) is 32.3 Å². The Morgan fingerprint density at radius 1 is 1.23 bits per heavy atom. The molecule has 0 spiro atoms. The highest BCUT2D eigenvalue weighted by Gasteiger charge is 2.14. The summed E-state index contributed by atoms with van der Waals surface area (Å²) in [5.74, 6) is -0.00591. The molecule has 4 heteroatoms. The van der Waals surface area contributed by atoms with Crippen molar-refractivity contribution in [1.82, 2.24) is 10.2 Å². The van der Waals surface area contributed by atoms with Crippen molar-refractivity contribution in [3.63, 3.8) is 0 Å². The van der Waals surface area contributed by atoms with E-state index in [9.17, 15) is 4.79 Å². The zero-order chi connectivity index (χ0) is 15.4. The van der Waals surface area contributed by atoms with E-state index in [4.69, 9.17) is 0 Å². The van der Waals surface area contributed by atoms with E-state index in [2.05, 4.69) is 28.4 Å². The summed E-state index contributed by atoms with van der Waals surface area (Å²) >= 11 is 1.67. The lowest BCUT2D eigenvalue weighted by atomic mass is 10.1. The number of carbonyl (C=O) groups excluding carboxylic acids is 1. The summed E-state index contributed by atoms with van der Waals surface area (Å²) in [5.41, 5.74) is 2.01. The minimum atomic E-state index is -0.00591. The molecule has 1 unspecified atom stereocenters. The summed E-state index contributed by atoms with van der Waals surface area (Å²) in [6, 6.07) is 12.1. The standard InChI is InChI=1S/C18H22N2OS/c1-14(17-5-4-12-22-17)19-18(21)16-8-6-15(7-9-16)13-20-10-2-3-11-20/h4-9,12,14H,2-3,10-11,13H2,1H3,(H,19,21). The van der Waals surface area contributed by atoms with E-state index in [-0.39, 0.29) is 11.9 Å². The van der Waals surface area contributed by atoms with E-state index in [1.165, 1.54) is 36.4 Å². The van der Waals surface area contributed by atoms with Crippen LogP contribution in [0.5, 0.6) is 0 Å². The van der Waals surface area contributed by atoms with Crippen LogP contribution in [-0.2, 0) is 6.54 Å². The highest BCUT2D eigenvalue weighted by atomic mass is 32.1. The largest absolute Gasteiger partial charge is 0.345 e. The zero-order valence-corrected chi connectivity index (χ0v) is 13.7. The van der Waals surface area contributed by atoms with Gasteiger partial charge in [0.1, 0.15) is 0 Å². The fourth-order valence-electron chi connectivity index (χ4n) is 2.85. The van der Waals surface area contributed by atoms with Crippen LogP contribution in [-0.4, -0.2) is 23.9 Å². The van der Waals surface area contributed by atoms with Gasteiger partial charge in [0.05, 0.1) is 6.04 Å². The van der Waals surface area contributed by atoms with Crippen LogP contribution in [0, 0.1) is 0 Å². The fourth-order valence-corrected chi connectivity index (χ4v) is 3.58. The van der Waals surface area contributed by atoms with Crippen LogP contribution < -0.4 is 5.32 Å². The van der Waals surface area contributed by atoms with Crippen LogP contribution in [0.15, 0.2) is 41.8 Å². The SMILES string of the molecule is CC(NC(=O)c1ccc(CN2CCCC2)cc1)c1cccs1. The van der Waals surface area contributed by atoms with Crippen molar-refractivity contribution in [2.24, 2.45) is 0 Å². The van der Waals surface area contributed by atoms with Crippen molar-refractivity contribution in [2.45, 2.75) is 32.4 Å². The molecule has 0 bridgehead atoms. The van der Waals surface area contributed by atoms with Crippen molar-refractivity contribution in [3.05, 3.63) is 57.8 Å². The van der Waals surface area contributed by atoms with Gasteiger partial charge < -0.3 is 5.32 Å². The van der Waals surface area contributed by atoms with Gasteiger partial charge in [-0.15, -0.1) is 11.3 Å². The molecule has 1 amide bonds. The summed E-state index contributed by atoms with van der Waals surface area (Å²) in [6.07, 6.45) is 2.61. The van der Waals surface area contributed by atoms with E-state index >= 15 is 0 Å². The van der Waals surface area contributed by atoms with Gasteiger partial charge in [0.25, 0.3) is 5.91 Å². The lowest BCUT2D eigenvalue weighted by Crippen LogP contribution is -2.26. The summed E-state index contributed by atoms with van der Waals surface area (Å²) < 4.78 is 0. The Bertz CT molecular complexity index is 601. The Morgan fingerprint density at radius 3 is 2.59 bits per heavy atom. The van der Waals surface area contributed by atoms with Crippen LogP contribution in [0.3, 0.4) is 0 Å². The van der Waals surface area contributed by atoms with Gasteiger partial charge in [-0.1, -0.05) is 18.2 Å². The van der Waals surface area contributed by atoms with Crippen molar-refractivity contribution < 1.29 is 4.79 Å². The maximum Gasteiger partial charge on any atom is 0.251 e. The number of hydrogen-bond donors (Lipinski definition) is 1. The van der Waals surface area contributed by atoms with Crippen molar-refractivity contribution >= 4 is 17.2 Å². The molecule has 3 rings (SSSR count). The van der Waals surface area contributed by atoms with E-state index in [1.807, 2.05) is 30.5 Å². The van der Waals surface area contributed by atoms with Crippen molar-refractivity contribution in [2.75, 3.05) is 13.1 Å². The van der Waals surface area contributed by atoms with Crippen molar-refractivity contribution in [1.29, 1.82) is 0 Å². The van der Waals surface area contributed by atoms with Gasteiger partial charge in [0.2, 0.25) is 0 Å². The first-order chi connectivity index (χ1) is 10.7. The molecule has 3 nitrogen and oxygen atoms in total. The molecule has 116 valence electrons. The average Bonchev–Trinajstić information content (AvgIpc) is 3.21. The molecular formula is C18H22N2OS. The lowest BCUT2D eigenvalue weighted by molar-refractivity contribution is 0.0940. The number of thiophene rings is 1. The number of rotatable bonds is 5. The Hall–Kier alpha value is -1.65. The number of amides is 1. The van der Waals surface area contributed by atoms with Crippen LogP contribution in [0.25, 0.3) is 0 Å². The third-order valence-corrected chi connectivity index (χ3v) is 5.19. The average molecular weight is 314 g/mol. The Morgan fingerprint density at radius 2 is 1.95 bits per heavy atom. The minimum absolute atomic E-state index is 0.00591. The quantitative estimate of drug-likeness (QED) is 0.909. The predicted octanol–water partition coefficient (Wildman–Crippen LogP) is 3.83. The number of hydrogen-bond acceptors (Lipinski definition) is 3. The van der Waals surface area contributed by atoms with Gasteiger partial charge in [0.15, 0.2) is 0 Å². The molecule has 1 fully saturated rings. The third-order valence-electron chi connectivity index (χ3n) is 4.14. The van der Waals surface area contributed by atoms with E-state index in [0.29, 0.717) is 0 Å². The highest BCUT2D eigenvalue weighted by Crippen LogP contribution is 2.19. The fraction of sp³-hybridized carbons (Fsp3) is 0.389. The molecule has 1 saturated heterocycles. The summed E-state index contributed by atoms with van der Waals surface area (Å²) in [7, 11) is 0. The first kappa shape index (κ1) is 15.3. The normalized spacial score (nSPS) is 16.6. The lowest BCUT2D eigenvalue weighted by Gasteiger charge is -2.15. The molecule has 1 aromatic heterocycles. The number of benzene rings is 1. The van der Waals surface area contributed by atoms with Crippen LogP contribution in [0.2, 0.25) is 0 Å². The van der Waals surface area contributed by atoms with E-state index in [1.54, 1.807) is 11.3 Å². The number of carbonyl (C=O) groups is 1. The number of nitrogens with zero attached hydrogens (tertiary/aromatic N) is 1. The van der Waals surface area contributed by atoms with Gasteiger partial charge in [-0.25, -0.2) is 0 Å². The number of likely N-dealkylation sites (tertiary alicyclic amines) is 1. The van der Waals surface area contributed by atoms with Crippen LogP contribution in [0.1, 0.15) is 46.6 Å². The van der Waals surface area contributed by atoms with Gasteiger partial charge in [0, 0.05) is 17.0 Å². The highest BCUT2D eigenvalue weighted by molar-refractivity contribution is 7.10. The molecule has 1 aromatic carbocycles. The third kappa shape index (κ3) is 3.76. The van der Waals surface area contributed by atoms with Crippen molar-refractivity contribution in [3.8, 4) is 0 Å². The molecule has 1 N–H and O–H groups in total. The Balaban J connectivity index is 1.58. The first-order valence-electron chi connectivity index (χ1n) is 7.88. The summed E-state index contributed by atoms with van der Waals surface area (Å²) in [5, 5.41) is 5.09. The maximum absolute atomic E-state index is 12.3. The maximum atomic E-state index is 12.3. The molecular weight excluding hydrogens is 292 g/mol. The van der Waals surface area contributed by atoms with Gasteiger partial charge in [-0.2, -0.15) is 0 Å². The molecule has 22 heavy (non-hydrogen) atoms. The minimum Gasteiger partial charge on any atom is -0.345 e. The summed E-state index contributed by atoms with van der Waals surface area (Å²) in [4.78, 5) is 15.9. The molecule has 0 radical (unpaired) electrons. The molecule has 0 saturated carbocycles. The van der Waals surface area contributed by atoms with E-state index in [0.717, 1.165) is 12.1 Å². The molecule has 2 aromatic rings. The molecule has 1 atom stereocenters. The monoisotopic (exact) mass is 314 g/mol. The first-order valence-corrected chi connectivity index (χ1v) is 8.76. The van der Waals surface area contributed by atoms with Gasteiger partial charge in [-0.3, -0.25) is 9.69 Å². The van der Waals surface area contributed by atoms with Gasteiger partial charge >= 0.3 is 0 Å². The Kier molecular flexibility index (Phi) is 4.90. The van der Waals surface area contributed by atoms with Crippen LogP contribution in [0.4, 0.5) is 0 Å². The predicted molar refractivity (Wildman–Crippen MR) is 91.2 cm³/mol. The van der Waals surface area contributed by atoms with Gasteiger partial charge in [-0.05, 0) is 62.0 Å².